The number of aromatic nitrogens is 1. The maximum atomic E-state index is 13.5. The topological polar surface area (TPSA) is 39.1 Å². The first-order valence-electron chi connectivity index (χ1n) is 10.1. The Kier molecular flexibility index (Phi) is 5.60. The van der Waals surface area contributed by atoms with Crippen LogP contribution in [0, 0.1) is 13.8 Å². The van der Waals surface area contributed by atoms with Crippen molar-refractivity contribution in [1.29, 1.82) is 0 Å². The van der Waals surface area contributed by atoms with Gasteiger partial charge in [0.25, 0.3) is 10.0 Å². The van der Waals surface area contributed by atoms with E-state index in [9.17, 15) is 8.42 Å². The van der Waals surface area contributed by atoms with E-state index in [1.54, 1.807) is 18.3 Å². The molecule has 1 heterocycles. The minimum atomic E-state index is -3.68. The highest BCUT2D eigenvalue weighted by atomic mass is 32.2. The van der Waals surface area contributed by atoms with E-state index in [0.717, 1.165) is 34.4 Å². The lowest BCUT2D eigenvalue weighted by molar-refractivity contribution is 0.584. The van der Waals surface area contributed by atoms with Gasteiger partial charge in [-0.05, 0) is 55.5 Å². The first-order chi connectivity index (χ1) is 14.5. The molecule has 0 saturated carbocycles. The molecule has 0 fully saturated rings. The van der Waals surface area contributed by atoms with Crippen molar-refractivity contribution in [2.24, 2.45) is 0 Å². The Balaban J connectivity index is 1.82. The van der Waals surface area contributed by atoms with Gasteiger partial charge < -0.3 is 0 Å². The summed E-state index contributed by atoms with van der Waals surface area (Å²) in [5.74, 6) is 0. The average molecular weight is 416 g/mol. The minimum Gasteiger partial charge on any atom is -0.245 e. The number of benzene rings is 3. The summed E-state index contributed by atoms with van der Waals surface area (Å²) in [4.78, 5) is 0.309. The Hall–Kier alpha value is -3.11. The maximum absolute atomic E-state index is 13.5. The molecule has 0 amide bonds. The number of aryl methyl sites for hydroxylation is 2. The largest absolute Gasteiger partial charge is 0.267 e. The number of hydrogen-bond acceptors (Lipinski definition) is 2. The molecule has 0 aliphatic carbocycles. The van der Waals surface area contributed by atoms with E-state index >= 15 is 0 Å². The zero-order valence-corrected chi connectivity index (χ0v) is 18.1. The Bertz CT molecular complexity index is 1240. The molecule has 1 aromatic heterocycles. The van der Waals surface area contributed by atoms with Crippen LogP contribution in [0.1, 0.15) is 22.4 Å². The molecule has 3 nitrogen and oxygen atoms in total. The molecule has 0 unspecified atom stereocenters. The van der Waals surface area contributed by atoms with E-state index in [1.807, 2.05) is 74.5 Å². The van der Waals surface area contributed by atoms with E-state index in [4.69, 9.17) is 0 Å². The van der Waals surface area contributed by atoms with Crippen molar-refractivity contribution in [2.45, 2.75) is 31.6 Å². The fourth-order valence-corrected chi connectivity index (χ4v) is 5.23. The number of rotatable bonds is 6. The van der Waals surface area contributed by atoms with Crippen LogP contribution in [0.2, 0.25) is 0 Å². The summed E-state index contributed by atoms with van der Waals surface area (Å²) in [5.41, 5.74) is 6.04. The third kappa shape index (κ3) is 3.96. The van der Waals surface area contributed by atoms with E-state index in [2.05, 4.69) is 12.1 Å². The predicted molar refractivity (Wildman–Crippen MR) is 122 cm³/mol. The van der Waals surface area contributed by atoms with Gasteiger partial charge in [0.15, 0.2) is 0 Å². The van der Waals surface area contributed by atoms with Gasteiger partial charge in [0.2, 0.25) is 0 Å². The summed E-state index contributed by atoms with van der Waals surface area (Å²) in [6.45, 7) is 3.97. The van der Waals surface area contributed by atoms with Crippen LogP contribution in [-0.4, -0.2) is 12.4 Å². The van der Waals surface area contributed by atoms with Crippen LogP contribution in [0.3, 0.4) is 0 Å². The minimum absolute atomic E-state index is 0.309. The van der Waals surface area contributed by atoms with Crippen molar-refractivity contribution in [3.05, 3.63) is 114 Å². The van der Waals surface area contributed by atoms with Crippen LogP contribution < -0.4 is 0 Å². The standard InChI is InChI=1S/C26H25NO2S/c1-20-13-16-24(17-14-20)30(28,29)27-19-25(23-11-7-4-8-12-23)21(2)26(27)18-15-22-9-5-3-6-10-22/h3-14,16-17,19H,15,18H2,1-2H3. The average Bonchev–Trinajstić information content (AvgIpc) is 3.11. The Morgan fingerprint density at radius 1 is 0.733 bits per heavy atom. The van der Waals surface area contributed by atoms with Gasteiger partial charge >= 0.3 is 0 Å². The highest BCUT2D eigenvalue weighted by molar-refractivity contribution is 7.90. The van der Waals surface area contributed by atoms with Crippen LogP contribution in [0.4, 0.5) is 0 Å². The summed E-state index contributed by atoms with van der Waals surface area (Å²) in [6, 6.07) is 27.2. The molecular weight excluding hydrogens is 390 g/mol. The molecule has 30 heavy (non-hydrogen) atoms. The number of hydrogen-bond donors (Lipinski definition) is 0. The molecule has 0 N–H and O–H groups in total. The van der Waals surface area contributed by atoms with Crippen molar-refractivity contribution >= 4 is 10.0 Å². The molecule has 0 saturated heterocycles. The molecule has 152 valence electrons. The van der Waals surface area contributed by atoms with Gasteiger partial charge in [-0.2, -0.15) is 0 Å². The smallest absolute Gasteiger partial charge is 0.245 e. The van der Waals surface area contributed by atoms with Crippen LogP contribution in [0.15, 0.2) is 96.0 Å². The summed E-state index contributed by atoms with van der Waals surface area (Å²) in [5, 5.41) is 0. The first-order valence-corrected chi connectivity index (χ1v) is 11.5. The normalized spacial score (nSPS) is 11.5. The Morgan fingerprint density at radius 3 is 1.97 bits per heavy atom. The fourth-order valence-electron chi connectivity index (χ4n) is 3.76. The number of nitrogens with zero attached hydrogens (tertiary/aromatic N) is 1. The van der Waals surface area contributed by atoms with Crippen molar-refractivity contribution in [1.82, 2.24) is 3.97 Å². The van der Waals surface area contributed by atoms with Gasteiger partial charge in [-0.25, -0.2) is 12.4 Å². The zero-order valence-electron chi connectivity index (χ0n) is 17.2. The zero-order chi connectivity index (χ0) is 21.1. The summed E-state index contributed by atoms with van der Waals surface area (Å²) >= 11 is 0. The second-order valence-corrected chi connectivity index (χ2v) is 9.39. The lowest BCUT2D eigenvalue weighted by atomic mass is 10.0. The van der Waals surface area contributed by atoms with Crippen LogP contribution >= 0.6 is 0 Å². The molecule has 4 aromatic rings. The third-order valence-electron chi connectivity index (χ3n) is 5.51. The van der Waals surface area contributed by atoms with Crippen LogP contribution in [0.5, 0.6) is 0 Å². The molecule has 0 bridgehead atoms. The molecule has 0 aliphatic rings. The molecule has 0 atom stereocenters. The summed E-state index contributed by atoms with van der Waals surface area (Å²) < 4.78 is 28.6. The lowest BCUT2D eigenvalue weighted by Crippen LogP contribution is -2.16. The molecule has 0 spiro atoms. The SMILES string of the molecule is Cc1ccc(S(=O)(=O)n2cc(-c3ccccc3)c(C)c2CCc2ccccc2)cc1. The lowest BCUT2D eigenvalue weighted by Gasteiger charge is -2.12. The Labute approximate surface area is 178 Å². The van der Waals surface area contributed by atoms with Crippen molar-refractivity contribution < 1.29 is 8.42 Å². The van der Waals surface area contributed by atoms with Crippen molar-refractivity contribution in [3.63, 3.8) is 0 Å². The molecular formula is C26H25NO2S. The van der Waals surface area contributed by atoms with Gasteiger partial charge in [0.05, 0.1) is 4.90 Å². The monoisotopic (exact) mass is 415 g/mol. The molecule has 4 heteroatoms. The second-order valence-electron chi connectivity index (χ2n) is 7.58. The van der Waals surface area contributed by atoms with Gasteiger partial charge in [-0.1, -0.05) is 78.4 Å². The highest BCUT2D eigenvalue weighted by Gasteiger charge is 2.24. The summed E-state index contributed by atoms with van der Waals surface area (Å²) in [7, 11) is -3.68. The quantitative estimate of drug-likeness (QED) is 0.400. The predicted octanol–water partition coefficient (Wildman–Crippen LogP) is 5.79. The van der Waals surface area contributed by atoms with E-state index in [1.165, 1.54) is 9.54 Å². The van der Waals surface area contributed by atoms with Crippen molar-refractivity contribution in [2.75, 3.05) is 0 Å². The molecule has 0 radical (unpaired) electrons. The molecule has 0 aliphatic heterocycles. The van der Waals surface area contributed by atoms with Gasteiger partial charge in [0, 0.05) is 17.5 Å². The van der Waals surface area contributed by atoms with Gasteiger partial charge in [-0.3, -0.25) is 0 Å². The van der Waals surface area contributed by atoms with E-state index < -0.39 is 10.0 Å². The fraction of sp³-hybridized carbons (Fsp3) is 0.154. The Morgan fingerprint density at radius 2 is 1.33 bits per heavy atom. The maximum Gasteiger partial charge on any atom is 0.267 e. The highest BCUT2D eigenvalue weighted by Crippen LogP contribution is 2.31. The van der Waals surface area contributed by atoms with Crippen molar-refractivity contribution in [3.8, 4) is 11.1 Å². The first kappa shape index (κ1) is 20.2. The van der Waals surface area contributed by atoms with Crippen LogP contribution in [-0.2, 0) is 22.9 Å². The molecule has 3 aromatic carbocycles. The van der Waals surface area contributed by atoms with E-state index in [-0.39, 0.29) is 0 Å². The van der Waals surface area contributed by atoms with Gasteiger partial charge in [0.1, 0.15) is 0 Å². The van der Waals surface area contributed by atoms with Gasteiger partial charge in [-0.15, -0.1) is 0 Å². The van der Waals surface area contributed by atoms with Crippen LogP contribution in [0.25, 0.3) is 11.1 Å². The second kappa shape index (κ2) is 8.33. The third-order valence-corrected chi connectivity index (χ3v) is 7.22. The molecule has 4 rings (SSSR count). The summed E-state index contributed by atoms with van der Waals surface area (Å²) in [6.07, 6.45) is 3.21. The van der Waals surface area contributed by atoms with E-state index in [0.29, 0.717) is 11.3 Å².